The van der Waals surface area contributed by atoms with Crippen LogP contribution in [0.5, 0.6) is 0 Å². The van der Waals surface area contributed by atoms with Crippen molar-refractivity contribution >= 4 is 5.91 Å². The topological polar surface area (TPSA) is 43.8 Å². The molecule has 1 aliphatic carbocycles. The van der Waals surface area contributed by atoms with Crippen molar-refractivity contribution in [2.45, 2.75) is 64.9 Å². The number of likely N-dealkylation sites (tertiary alicyclic amines) is 2. The van der Waals surface area contributed by atoms with Gasteiger partial charge < -0.3 is 10.0 Å². The van der Waals surface area contributed by atoms with Gasteiger partial charge in [-0.1, -0.05) is 24.5 Å². The van der Waals surface area contributed by atoms with Gasteiger partial charge in [-0.25, -0.2) is 0 Å². The SMILES string of the molecule is CC(C)=CCN1CC[C@@H](O)[C@]2(CCCN(C(=O)C3CCCC3)C2)C1. The second-order valence-electron chi connectivity index (χ2n) is 8.53. The molecule has 4 nitrogen and oxygen atoms in total. The minimum absolute atomic E-state index is 0.111. The summed E-state index contributed by atoms with van der Waals surface area (Å²) < 4.78 is 0. The molecular weight excluding hydrogens is 300 g/mol. The van der Waals surface area contributed by atoms with E-state index in [4.69, 9.17) is 0 Å². The number of hydrogen-bond acceptors (Lipinski definition) is 3. The minimum Gasteiger partial charge on any atom is -0.392 e. The average Bonchev–Trinajstić information content (AvgIpc) is 3.10. The van der Waals surface area contributed by atoms with Crippen LogP contribution in [0.3, 0.4) is 0 Å². The fourth-order valence-electron chi connectivity index (χ4n) is 4.89. The molecule has 2 heterocycles. The summed E-state index contributed by atoms with van der Waals surface area (Å²) >= 11 is 0. The highest BCUT2D eigenvalue weighted by molar-refractivity contribution is 5.79. The van der Waals surface area contributed by atoms with Gasteiger partial charge in [0.15, 0.2) is 0 Å². The van der Waals surface area contributed by atoms with Crippen LogP contribution in [0, 0.1) is 11.3 Å². The number of carbonyl (C=O) groups is 1. The molecule has 3 fully saturated rings. The van der Waals surface area contributed by atoms with E-state index in [1.165, 1.54) is 18.4 Å². The number of rotatable bonds is 3. The third-order valence-electron chi connectivity index (χ3n) is 6.35. The number of nitrogens with zero attached hydrogens (tertiary/aromatic N) is 2. The van der Waals surface area contributed by atoms with Crippen molar-refractivity contribution in [2.24, 2.45) is 11.3 Å². The van der Waals surface area contributed by atoms with Crippen molar-refractivity contribution in [1.82, 2.24) is 9.80 Å². The Hall–Kier alpha value is -0.870. The van der Waals surface area contributed by atoms with Crippen molar-refractivity contribution in [2.75, 3.05) is 32.7 Å². The molecule has 0 bridgehead atoms. The van der Waals surface area contributed by atoms with Gasteiger partial charge in [0.2, 0.25) is 5.91 Å². The van der Waals surface area contributed by atoms with E-state index in [1.54, 1.807) is 0 Å². The average molecular weight is 335 g/mol. The van der Waals surface area contributed by atoms with E-state index in [1.807, 2.05) is 0 Å². The third kappa shape index (κ3) is 3.85. The Bertz CT molecular complexity index is 480. The molecule has 2 saturated heterocycles. The number of carbonyl (C=O) groups excluding carboxylic acids is 1. The highest BCUT2D eigenvalue weighted by Gasteiger charge is 2.46. The summed E-state index contributed by atoms with van der Waals surface area (Å²) in [5.74, 6) is 0.614. The van der Waals surface area contributed by atoms with E-state index in [0.29, 0.717) is 5.91 Å². The number of allylic oxidation sites excluding steroid dienone is 1. The van der Waals surface area contributed by atoms with Crippen molar-refractivity contribution in [1.29, 1.82) is 0 Å². The second-order valence-corrected chi connectivity index (χ2v) is 8.53. The molecule has 0 unspecified atom stereocenters. The van der Waals surface area contributed by atoms with E-state index >= 15 is 0 Å². The van der Waals surface area contributed by atoms with Crippen LogP contribution in [-0.2, 0) is 4.79 Å². The lowest BCUT2D eigenvalue weighted by molar-refractivity contribution is -0.145. The van der Waals surface area contributed by atoms with Gasteiger partial charge in [-0.15, -0.1) is 0 Å². The maximum Gasteiger partial charge on any atom is 0.225 e. The van der Waals surface area contributed by atoms with Crippen LogP contribution < -0.4 is 0 Å². The molecule has 136 valence electrons. The minimum atomic E-state index is -0.264. The van der Waals surface area contributed by atoms with Crippen LogP contribution in [0.1, 0.15) is 58.8 Å². The zero-order valence-electron chi connectivity index (χ0n) is 15.5. The predicted molar refractivity (Wildman–Crippen MR) is 96.7 cm³/mol. The molecule has 24 heavy (non-hydrogen) atoms. The van der Waals surface area contributed by atoms with Gasteiger partial charge in [0.1, 0.15) is 0 Å². The van der Waals surface area contributed by atoms with E-state index < -0.39 is 0 Å². The fraction of sp³-hybridized carbons (Fsp3) is 0.850. The summed E-state index contributed by atoms with van der Waals surface area (Å²) in [5.41, 5.74) is 1.23. The molecule has 4 heteroatoms. The van der Waals surface area contributed by atoms with Gasteiger partial charge in [0.05, 0.1) is 6.10 Å². The van der Waals surface area contributed by atoms with Crippen LogP contribution >= 0.6 is 0 Å². The maximum absolute atomic E-state index is 12.9. The largest absolute Gasteiger partial charge is 0.392 e. The van der Waals surface area contributed by atoms with E-state index in [-0.39, 0.29) is 17.4 Å². The van der Waals surface area contributed by atoms with Crippen molar-refractivity contribution in [3.05, 3.63) is 11.6 Å². The quantitative estimate of drug-likeness (QED) is 0.807. The number of aliphatic hydroxyl groups is 1. The molecule has 0 radical (unpaired) electrons. The molecular formula is C20H34N2O2. The van der Waals surface area contributed by atoms with Gasteiger partial charge in [-0.3, -0.25) is 9.69 Å². The first-order valence-corrected chi connectivity index (χ1v) is 9.83. The lowest BCUT2D eigenvalue weighted by Gasteiger charge is -2.51. The van der Waals surface area contributed by atoms with Crippen molar-refractivity contribution < 1.29 is 9.90 Å². The van der Waals surface area contributed by atoms with E-state index in [0.717, 1.165) is 64.8 Å². The first-order valence-electron chi connectivity index (χ1n) is 9.83. The summed E-state index contributed by atoms with van der Waals surface area (Å²) in [5, 5.41) is 10.8. The Morgan fingerprint density at radius 3 is 2.58 bits per heavy atom. The lowest BCUT2D eigenvalue weighted by atomic mass is 9.71. The van der Waals surface area contributed by atoms with Crippen molar-refractivity contribution in [3.63, 3.8) is 0 Å². The Kier molecular flexibility index (Phi) is 5.66. The monoisotopic (exact) mass is 334 g/mol. The number of hydrogen-bond donors (Lipinski definition) is 1. The van der Waals surface area contributed by atoms with Crippen LogP contribution in [0.25, 0.3) is 0 Å². The Labute approximate surface area is 146 Å². The number of piperidine rings is 2. The summed E-state index contributed by atoms with van der Waals surface area (Å²) in [6.45, 7) is 8.77. The molecule has 2 aliphatic heterocycles. The fourth-order valence-corrected chi connectivity index (χ4v) is 4.89. The van der Waals surface area contributed by atoms with Crippen LogP contribution in [0.4, 0.5) is 0 Å². The van der Waals surface area contributed by atoms with Crippen LogP contribution in [0.2, 0.25) is 0 Å². The molecule has 2 atom stereocenters. The van der Waals surface area contributed by atoms with E-state index in [2.05, 4.69) is 29.7 Å². The number of aliphatic hydroxyl groups excluding tert-OH is 1. The van der Waals surface area contributed by atoms with Gasteiger partial charge >= 0.3 is 0 Å². The Balaban J connectivity index is 1.67. The first kappa shape index (κ1) is 17.9. The zero-order valence-corrected chi connectivity index (χ0v) is 15.5. The molecule has 1 N–H and O–H groups in total. The Morgan fingerprint density at radius 2 is 1.88 bits per heavy atom. The van der Waals surface area contributed by atoms with Gasteiger partial charge in [-0.2, -0.15) is 0 Å². The highest BCUT2D eigenvalue weighted by atomic mass is 16.3. The molecule has 3 aliphatic rings. The summed E-state index contributed by atoms with van der Waals surface area (Å²) in [7, 11) is 0. The lowest BCUT2D eigenvalue weighted by Crippen LogP contribution is -2.60. The highest BCUT2D eigenvalue weighted by Crippen LogP contribution is 2.40. The molecule has 1 amide bonds. The number of amides is 1. The van der Waals surface area contributed by atoms with E-state index in [9.17, 15) is 9.90 Å². The summed E-state index contributed by atoms with van der Waals surface area (Å²) in [6, 6.07) is 0. The van der Waals surface area contributed by atoms with Gasteiger partial charge in [0.25, 0.3) is 0 Å². The molecule has 3 rings (SSSR count). The molecule has 0 aromatic rings. The van der Waals surface area contributed by atoms with Crippen molar-refractivity contribution in [3.8, 4) is 0 Å². The normalized spacial score (nSPS) is 32.3. The van der Waals surface area contributed by atoms with Crippen LogP contribution in [-0.4, -0.2) is 59.6 Å². The maximum atomic E-state index is 12.9. The first-order chi connectivity index (χ1) is 11.5. The second kappa shape index (κ2) is 7.57. The zero-order chi connectivity index (χ0) is 17.2. The third-order valence-corrected chi connectivity index (χ3v) is 6.35. The van der Waals surface area contributed by atoms with Crippen LogP contribution in [0.15, 0.2) is 11.6 Å². The Morgan fingerprint density at radius 1 is 1.12 bits per heavy atom. The predicted octanol–water partition coefficient (Wildman–Crippen LogP) is 2.82. The molecule has 0 aromatic heterocycles. The smallest absolute Gasteiger partial charge is 0.225 e. The molecule has 1 saturated carbocycles. The van der Waals surface area contributed by atoms with Gasteiger partial charge in [-0.05, 0) is 46.0 Å². The standard InChI is InChI=1S/C20H34N2O2/c1-16(2)8-12-21-13-9-18(23)20(14-21)10-5-11-22(15-20)19(24)17-6-3-4-7-17/h8,17-18,23H,3-7,9-15H2,1-2H3/t18-,20-/m1/s1. The summed E-state index contributed by atoms with van der Waals surface area (Å²) in [4.78, 5) is 17.4. The summed E-state index contributed by atoms with van der Waals surface area (Å²) in [6.07, 6.45) is 9.47. The van der Waals surface area contributed by atoms with Gasteiger partial charge in [0, 0.05) is 44.1 Å². The molecule has 1 spiro atoms. The molecule has 0 aromatic carbocycles.